The van der Waals surface area contributed by atoms with E-state index < -0.39 is 0 Å². The molecule has 0 bridgehead atoms. The van der Waals surface area contributed by atoms with Gasteiger partial charge in [-0.05, 0) is 17.7 Å². The molecule has 0 saturated heterocycles. The standard InChI is InChI=1S/C18H16N2O4/c1-22-15-9-7-13(8-10-15)11-17(21)23-12-16-19-18(20-24-16)14-5-3-2-4-6-14/h2-10H,11-12H2,1H3. The zero-order valence-electron chi connectivity index (χ0n) is 13.1. The van der Waals surface area contributed by atoms with Crippen LogP contribution in [0.1, 0.15) is 11.5 Å². The van der Waals surface area contributed by atoms with E-state index in [4.69, 9.17) is 14.0 Å². The normalized spacial score (nSPS) is 10.4. The van der Waals surface area contributed by atoms with Gasteiger partial charge in [-0.2, -0.15) is 4.98 Å². The highest BCUT2D eigenvalue weighted by Crippen LogP contribution is 2.15. The van der Waals surface area contributed by atoms with E-state index in [-0.39, 0.29) is 24.9 Å². The zero-order chi connectivity index (χ0) is 16.8. The number of esters is 1. The number of benzene rings is 2. The lowest BCUT2D eigenvalue weighted by Crippen LogP contribution is -2.08. The summed E-state index contributed by atoms with van der Waals surface area (Å²) in [7, 11) is 1.59. The molecule has 1 heterocycles. The molecule has 0 unspecified atom stereocenters. The van der Waals surface area contributed by atoms with E-state index in [0.717, 1.165) is 16.9 Å². The third-order valence-corrected chi connectivity index (χ3v) is 3.36. The number of aromatic nitrogens is 2. The molecule has 6 heteroatoms. The van der Waals surface area contributed by atoms with Crippen LogP contribution in [0.2, 0.25) is 0 Å². The Kier molecular flexibility index (Phi) is 4.86. The number of nitrogens with zero attached hydrogens (tertiary/aromatic N) is 2. The minimum absolute atomic E-state index is 0.0468. The van der Waals surface area contributed by atoms with Crippen molar-refractivity contribution < 1.29 is 18.8 Å². The number of hydrogen-bond acceptors (Lipinski definition) is 6. The fourth-order valence-corrected chi connectivity index (χ4v) is 2.12. The van der Waals surface area contributed by atoms with Gasteiger partial charge in [0.05, 0.1) is 13.5 Å². The van der Waals surface area contributed by atoms with Gasteiger partial charge in [0.25, 0.3) is 5.89 Å². The number of carbonyl (C=O) groups is 1. The lowest BCUT2D eigenvalue weighted by Gasteiger charge is -2.03. The van der Waals surface area contributed by atoms with Gasteiger partial charge in [-0.3, -0.25) is 4.79 Å². The molecule has 0 aliphatic heterocycles. The second-order valence-corrected chi connectivity index (χ2v) is 5.06. The first-order valence-corrected chi connectivity index (χ1v) is 7.41. The molecule has 0 radical (unpaired) electrons. The van der Waals surface area contributed by atoms with Crippen molar-refractivity contribution in [3.8, 4) is 17.1 Å². The highest BCUT2D eigenvalue weighted by Gasteiger charge is 2.11. The summed E-state index contributed by atoms with van der Waals surface area (Å²) in [5.41, 5.74) is 1.69. The maximum atomic E-state index is 11.9. The van der Waals surface area contributed by atoms with Crippen molar-refractivity contribution in [2.24, 2.45) is 0 Å². The predicted octanol–water partition coefficient (Wildman–Crippen LogP) is 3.03. The minimum Gasteiger partial charge on any atom is -0.497 e. The summed E-state index contributed by atoms with van der Waals surface area (Å²) in [5, 5.41) is 3.88. The lowest BCUT2D eigenvalue weighted by atomic mass is 10.1. The summed E-state index contributed by atoms with van der Waals surface area (Å²) in [6.07, 6.45) is 0.170. The SMILES string of the molecule is COc1ccc(CC(=O)OCc2nc(-c3ccccc3)no2)cc1. The van der Waals surface area contributed by atoms with Crippen LogP contribution >= 0.6 is 0 Å². The average molecular weight is 324 g/mol. The zero-order valence-corrected chi connectivity index (χ0v) is 13.1. The van der Waals surface area contributed by atoms with Crippen LogP contribution in [0.3, 0.4) is 0 Å². The van der Waals surface area contributed by atoms with E-state index in [0.29, 0.717) is 5.82 Å². The van der Waals surface area contributed by atoms with E-state index in [1.165, 1.54) is 0 Å². The molecule has 24 heavy (non-hydrogen) atoms. The van der Waals surface area contributed by atoms with Gasteiger partial charge in [0.15, 0.2) is 6.61 Å². The summed E-state index contributed by atoms with van der Waals surface area (Å²) in [4.78, 5) is 16.1. The molecular weight excluding hydrogens is 308 g/mol. The summed E-state index contributed by atoms with van der Waals surface area (Å²) >= 11 is 0. The number of methoxy groups -OCH3 is 1. The Bertz CT molecular complexity index is 797. The van der Waals surface area contributed by atoms with Gasteiger partial charge in [-0.1, -0.05) is 47.6 Å². The van der Waals surface area contributed by atoms with Crippen LogP contribution in [0.15, 0.2) is 59.1 Å². The molecule has 0 N–H and O–H groups in total. The van der Waals surface area contributed by atoms with Crippen LogP contribution in [0.5, 0.6) is 5.75 Å². The molecule has 6 nitrogen and oxygen atoms in total. The van der Waals surface area contributed by atoms with Crippen molar-refractivity contribution in [3.05, 3.63) is 66.1 Å². The van der Waals surface area contributed by atoms with Gasteiger partial charge in [-0.15, -0.1) is 0 Å². The van der Waals surface area contributed by atoms with E-state index >= 15 is 0 Å². The molecule has 2 aromatic carbocycles. The fraction of sp³-hybridized carbons (Fsp3) is 0.167. The van der Waals surface area contributed by atoms with Gasteiger partial charge in [0.2, 0.25) is 5.82 Å². The molecule has 0 spiro atoms. The Labute approximate surface area is 139 Å². The molecule has 0 atom stereocenters. The highest BCUT2D eigenvalue weighted by atomic mass is 16.6. The summed E-state index contributed by atoms with van der Waals surface area (Å²) in [6.45, 7) is -0.0468. The van der Waals surface area contributed by atoms with E-state index in [1.807, 2.05) is 42.5 Å². The first-order chi connectivity index (χ1) is 11.7. The van der Waals surface area contributed by atoms with Crippen LogP contribution in [-0.2, 0) is 22.6 Å². The van der Waals surface area contributed by atoms with Gasteiger partial charge in [-0.25, -0.2) is 0 Å². The van der Waals surface area contributed by atoms with Crippen molar-refractivity contribution >= 4 is 5.97 Å². The van der Waals surface area contributed by atoms with Gasteiger partial charge < -0.3 is 14.0 Å². The molecule has 0 aliphatic carbocycles. The number of carbonyl (C=O) groups excluding carboxylic acids is 1. The second kappa shape index (κ2) is 7.41. The van der Waals surface area contributed by atoms with Gasteiger partial charge in [0.1, 0.15) is 5.75 Å². The van der Waals surface area contributed by atoms with Crippen LogP contribution < -0.4 is 4.74 Å². The Hall–Kier alpha value is -3.15. The molecular formula is C18H16N2O4. The third-order valence-electron chi connectivity index (χ3n) is 3.36. The van der Waals surface area contributed by atoms with Crippen molar-refractivity contribution in [1.29, 1.82) is 0 Å². The number of hydrogen-bond donors (Lipinski definition) is 0. The van der Waals surface area contributed by atoms with Crippen molar-refractivity contribution in [1.82, 2.24) is 10.1 Å². The maximum absolute atomic E-state index is 11.9. The van der Waals surface area contributed by atoms with Crippen LogP contribution in [-0.4, -0.2) is 23.2 Å². The summed E-state index contributed by atoms with van der Waals surface area (Å²) in [6, 6.07) is 16.7. The molecule has 0 saturated carbocycles. The quantitative estimate of drug-likeness (QED) is 0.649. The van der Waals surface area contributed by atoms with E-state index in [2.05, 4.69) is 10.1 Å². The molecule has 122 valence electrons. The Morgan fingerprint density at radius 3 is 2.54 bits per heavy atom. The molecule has 3 rings (SSSR count). The molecule has 0 aliphatic rings. The first kappa shape index (κ1) is 15.7. The van der Waals surface area contributed by atoms with Crippen molar-refractivity contribution in [2.75, 3.05) is 7.11 Å². The van der Waals surface area contributed by atoms with Crippen LogP contribution in [0.4, 0.5) is 0 Å². The Morgan fingerprint density at radius 2 is 1.83 bits per heavy atom. The minimum atomic E-state index is -0.361. The molecule has 0 fully saturated rings. The van der Waals surface area contributed by atoms with E-state index in [9.17, 15) is 4.79 Å². The first-order valence-electron chi connectivity index (χ1n) is 7.41. The second-order valence-electron chi connectivity index (χ2n) is 5.06. The topological polar surface area (TPSA) is 74.5 Å². The Morgan fingerprint density at radius 1 is 1.08 bits per heavy atom. The molecule has 0 amide bonds. The third kappa shape index (κ3) is 3.98. The fourth-order valence-electron chi connectivity index (χ4n) is 2.12. The van der Waals surface area contributed by atoms with Crippen molar-refractivity contribution in [3.63, 3.8) is 0 Å². The maximum Gasteiger partial charge on any atom is 0.310 e. The van der Waals surface area contributed by atoms with Gasteiger partial charge in [0, 0.05) is 5.56 Å². The molecule has 1 aromatic heterocycles. The predicted molar refractivity (Wildman–Crippen MR) is 86.2 cm³/mol. The summed E-state index contributed by atoms with van der Waals surface area (Å²) in [5.74, 6) is 1.11. The van der Waals surface area contributed by atoms with Crippen LogP contribution in [0, 0.1) is 0 Å². The van der Waals surface area contributed by atoms with Gasteiger partial charge >= 0.3 is 5.97 Å². The van der Waals surface area contributed by atoms with Crippen molar-refractivity contribution in [2.45, 2.75) is 13.0 Å². The molecule has 3 aromatic rings. The monoisotopic (exact) mass is 324 g/mol. The highest BCUT2D eigenvalue weighted by molar-refractivity contribution is 5.72. The average Bonchev–Trinajstić information content (AvgIpc) is 3.10. The largest absolute Gasteiger partial charge is 0.497 e. The Balaban J connectivity index is 1.53. The lowest BCUT2D eigenvalue weighted by molar-refractivity contribution is -0.144. The van der Waals surface area contributed by atoms with E-state index in [1.54, 1.807) is 19.2 Å². The smallest absolute Gasteiger partial charge is 0.310 e. The number of rotatable bonds is 6. The van der Waals surface area contributed by atoms with Crippen LogP contribution in [0.25, 0.3) is 11.4 Å². The summed E-state index contributed by atoms with van der Waals surface area (Å²) < 4.78 is 15.3. The number of ether oxygens (including phenoxy) is 2.